The van der Waals surface area contributed by atoms with Crippen LogP contribution in [0.4, 0.5) is 0 Å². The second-order valence-corrected chi connectivity index (χ2v) is 2.22. The molecule has 0 atom stereocenters. The van der Waals surface area contributed by atoms with Crippen molar-refractivity contribution < 1.29 is 10.0 Å². The molecule has 0 fully saturated rings. The first-order chi connectivity index (χ1) is 4.27. The number of rotatable bonds is 1. The molecule has 2 nitrogen and oxygen atoms in total. The molecule has 0 aromatic carbocycles. The molecule has 44 valence electrons. The molecule has 0 unspecified atom stereocenters. The van der Waals surface area contributed by atoms with E-state index in [9.17, 15) is 0 Å². The van der Waals surface area contributed by atoms with E-state index in [1.54, 1.807) is 12.1 Å². The maximum atomic E-state index is 8.61. The third-order valence-corrected chi connectivity index (χ3v) is 1.50. The van der Waals surface area contributed by atoms with Gasteiger partial charge in [-0.2, -0.15) is 0 Å². The summed E-state index contributed by atoms with van der Waals surface area (Å²) < 4.78 is 0. The summed E-state index contributed by atoms with van der Waals surface area (Å²) in [7, 11) is -1.30. The van der Waals surface area contributed by atoms with E-state index >= 15 is 0 Å². The molecule has 2 aliphatic rings. The van der Waals surface area contributed by atoms with Gasteiger partial charge in [0, 0.05) is 0 Å². The summed E-state index contributed by atoms with van der Waals surface area (Å²) in [5.74, 6) is 0. The molecule has 2 N–H and O–H groups in total. The van der Waals surface area contributed by atoms with Crippen LogP contribution in [-0.2, 0) is 0 Å². The van der Waals surface area contributed by atoms with Gasteiger partial charge in [-0.15, -0.1) is 0 Å². The zero-order valence-corrected chi connectivity index (χ0v) is 4.70. The van der Waals surface area contributed by atoms with E-state index in [4.69, 9.17) is 10.0 Å². The highest BCUT2D eigenvalue weighted by atomic mass is 16.4. The molecule has 0 aromatic rings. The smallest absolute Gasteiger partial charge is 0.423 e. The van der Waals surface area contributed by atoms with E-state index in [0.29, 0.717) is 5.46 Å². The molecule has 0 saturated carbocycles. The van der Waals surface area contributed by atoms with Crippen LogP contribution >= 0.6 is 0 Å². The summed E-state index contributed by atoms with van der Waals surface area (Å²) >= 11 is 0. The minimum atomic E-state index is -1.30. The summed E-state index contributed by atoms with van der Waals surface area (Å²) in [5, 5.41) is 17.2. The maximum Gasteiger partial charge on any atom is 0.488 e. The lowest BCUT2D eigenvalue weighted by molar-refractivity contribution is 0.426. The van der Waals surface area contributed by atoms with E-state index in [1.165, 1.54) is 0 Å². The van der Waals surface area contributed by atoms with Gasteiger partial charge in [0.2, 0.25) is 0 Å². The van der Waals surface area contributed by atoms with Crippen LogP contribution in [0.5, 0.6) is 0 Å². The van der Waals surface area contributed by atoms with Gasteiger partial charge < -0.3 is 10.0 Å². The first-order valence-corrected chi connectivity index (χ1v) is 2.79. The Kier molecular flexibility index (Phi) is 0.768. The average molecular weight is 120 g/mol. The molecule has 2 rings (SSSR count). The van der Waals surface area contributed by atoms with Gasteiger partial charge in [0.15, 0.2) is 0 Å². The molecule has 2 aliphatic carbocycles. The molecule has 3 heteroatoms. The van der Waals surface area contributed by atoms with Crippen molar-refractivity contribution in [3.63, 3.8) is 0 Å². The second-order valence-electron chi connectivity index (χ2n) is 2.22. The highest BCUT2D eigenvalue weighted by Crippen LogP contribution is 2.31. The van der Waals surface area contributed by atoms with E-state index < -0.39 is 7.12 Å². The van der Waals surface area contributed by atoms with E-state index in [-0.39, 0.29) is 0 Å². The standard InChI is InChI=1S/C6H5BO2/c8-7(9)6-2-4-1-5(4)3-6/h1-3,8-9H. The third-order valence-electron chi connectivity index (χ3n) is 1.50. The lowest BCUT2D eigenvalue weighted by atomic mass is 9.82. The van der Waals surface area contributed by atoms with E-state index in [1.807, 2.05) is 6.07 Å². The molecule has 0 heterocycles. The molecular weight excluding hydrogens is 115 g/mol. The molecule has 0 saturated heterocycles. The van der Waals surface area contributed by atoms with Gasteiger partial charge in [0.25, 0.3) is 0 Å². The molecule has 0 aliphatic heterocycles. The lowest BCUT2D eigenvalue weighted by Gasteiger charge is -1.89. The minimum absolute atomic E-state index is 0.600. The van der Waals surface area contributed by atoms with Crippen molar-refractivity contribution in [2.75, 3.05) is 0 Å². The quantitative estimate of drug-likeness (QED) is 0.490. The second kappa shape index (κ2) is 1.37. The number of hydrogen-bond donors (Lipinski definition) is 2. The molecular formula is C6H5BO2. The highest BCUT2D eigenvalue weighted by molar-refractivity contribution is 6.59. The van der Waals surface area contributed by atoms with Crippen molar-refractivity contribution in [3.05, 3.63) is 18.2 Å². The van der Waals surface area contributed by atoms with Crippen molar-refractivity contribution >= 4 is 12.6 Å². The highest BCUT2D eigenvalue weighted by Gasteiger charge is 2.20. The normalized spacial score (nSPS) is 11.3. The van der Waals surface area contributed by atoms with Crippen molar-refractivity contribution in [3.8, 4) is 11.1 Å². The Bertz CT molecular complexity index is 237. The number of hydrogen-bond acceptors (Lipinski definition) is 2. The summed E-state index contributed by atoms with van der Waals surface area (Å²) in [5.41, 5.74) is 2.87. The molecule has 0 radical (unpaired) electrons. The Balaban J connectivity index is 2.38. The fraction of sp³-hybridized carbons (Fsp3) is 0. The summed E-state index contributed by atoms with van der Waals surface area (Å²) in [4.78, 5) is 0. The number of benzene rings is 1. The van der Waals surface area contributed by atoms with Gasteiger partial charge >= 0.3 is 7.12 Å². The SMILES string of the molecule is OB(O)c1cc2cc-2c1. The largest absolute Gasteiger partial charge is 0.488 e. The van der Waals surface area contributed by atoms with Crippen molar-refractivity contribution in [2.45, 2.75) is 0 Å². The minimum Gasteiger partial charge on any atom is -0.423 e. The lowest BCUT2D eigenvalue weighted by Crippen LogP contribution is -2.27. The monoisotopic (exact) mass is 120 g/mol. The topological polar surface area (TPSA) is 40.5 Å². The van der Waals surface area contributed by atoms with E-state index in [2.05, 4.69) is 0 Å². The fourth-order valence-corrected chi connectivity index (χ4v) is 0.931. The van der Waals surface area contributed by atoms with Gasteiger partial charge in [-0.1, -0.05) is 12.1 Å². The summed E-state index contributed by atoms with van der Waals surface area (Å²) in [6, 6.07) is 5.55. The van der Waals surface area contributed by atoms with Crippen LogP contribution in [-0.4, -0.2) is 17.2 Å². The van der Waals surface area contributed by atoms with Crippen LogP contribution in [0.15, 0.2) is 18.2 Å². The maximum absolute atomic E-state index is 8.61. The van der Waals surface area contributed by atoms with Crippen molar-refractivity contribution in [1.29, 1.82) is 0 Å². The zero-order valence-electron chi connectivity index (χ0n) is 4.70. The van der Waals surface area contributed by atoms with Crippen molar-refractivity contribution in [1.82, 2.24) is 0 Å². The first-order valence-electron chi connectivity index (χ1n) is 2.79. The summed E-state index contributed by atoms with van der Waals surface area (Å²) in [6.45, 7) is 0. The molecule has 0 amide bonds. The fourth-order valence-electron chi connectivity index (χ4n) is 0.931. The predicted molar refractivity (Wildman–Crippen MR) is 35.3 cm³/mol. The third kappa shape index (κ3) is 0.659. The van der Waals surface area contributed by atoms with Crippen LogP contribution in [0.1, 0.15) is 0 Å². The van der Waals surface area contributed by atoms with Gasteiger partial charge in [0.05, 0.1) is 0 Å². The Morgan fingerprint density at radius 2 is 1.56 bits per heavy atom. The van der Waals surface area contributed by atoms with Gasteiger partial charge in [0.1, 0.15) is 0 Å². The molecule has 9 heavy (non-hydrogen) atoms. The van der Waals surface area contributed by atoms with Crippen molar-refractivity contribution in [2.24, 2.45) is 0 Å². The predicted octanol–water partition coefficient (Wildman–Crippen LogP) is -0.653. The Labute approximate surface area is 52.9 Å². The van der Waals surface area contributed by atoms with Crippen LogP contribution in [0.2, 0.25) is 0 Å². The molecule has 0 aromatic heterocycles. The molecule has 0 bridgehead atoms. The zero-order chi connectivity index (χ0) is 6.43. The summed E-state index contributed by atoms with van der Waals surface area (Å²) in [6.07, 6.45) is 0. The van der Waals surface area contributed by atoms with E-state index in [0.717, 1.165) is 11.1 Å². The first kappa shape index (κ1) is 5.03. The Morgan fingerprint density at radius 3 is 1.89 bits per heavy atom. The van der Waals surface area contributed by atoms with Crippen LogP contribution in [0, 0.1) is 0 Å². The Hall–Kier alpha value is -0.795. The van der Waals surface area contributed by atoms with Gasteiger partial charge in [-0.3, -0.25) is 0 Å². The number of fused-ring (bicyclic) bond motifs is 1. The van der Waals surface area contributed by atoms with Gasteiger partial charge in [-0.05, 0) is 22.7 Å². The van der Waals surface area contributed by atoms with Crippen LogP contribution in [0.3, 0.4) is 0 Å². The van der Waals surface area contributed by atoms with Crippen LogP contribution < -0.4 is 5.46 Å². The van der Waals surface area contributed by atoms with Gasteiger partial charge in [-0.25, -0.2) is 0 Å². The molecule has 0 spiro atoms. The average Bonchev–Trinajstić information content (AvgIpc) is 2.40. The van der Waals surface area contributed by atoms with Crippen LogP contribution in [0.25, 0.3) is 11.1 Å². The Morgan fingerprint density at radius 1 is 1.00 bits per heavy atom.